The van der Waals surface area contributed by atoms with Crippen LogP contribution in [-0.4, -0.2) is 28.5 Å². The van der Waals surface area contributed by atoms with E-state index in [1.165, 1.54) is 30.7 Å². The molecule has 0 aromatic carbocycles. The van der Waals surface area contributed by atoms with Crippen molar-refractivity contribution in [2.24, 2.45) is 0 Å². The lowest BCUT2D eigenvalue weighted by atomic mass is 10.1. The molecule has 0 bridgehead atoms. The number of aromatic nitrogens is 2. The van der Waals surface area contributed by atoms with E-state index in [-0.39, 0.29) is 0 Å². The summed E-state index contributed by atoms with van der Waals surface area (Å²) >= 11 is 3.53. The Kier molecular flexibility index (Phi) is 2.93. The van der Waals surface area contributed by atoms with Gasteiger partial charge in [-0.1, -0.05) is 0 Å². The van der Waals surface area contributed by atoms with E-state index >= 15 is 0 Å². The molecule has 2 rings (SSSR count). The van der Waals surface area contributed by atoms with E-state index in [0.29, 0.717) is 0 Å². The van der Waals surface area contributed by atoms with Crippen LogP contribution in [0, 0.1) is 0 Å². The number of hydrogen-bond acceptors (Lipinski definition) is 2. The third-order valence-electron chi connectivity index (χ3n) is 2.62. The van der Waals surface area contributed by atoms with Crippen molar-refractivity contribution in [1.29, 1.82) is 0 Å². The molecule has 1 aromatic heterocycles. The van der Waals surface area contributed by atoms with E-state index in [2.05, 4.69) is 44.5 Å². The summed E-state index contributed by atoms with van der Waals surface area (Å²) < 4.78 is 3.31. The lowest BCUT2D eigenvalue weighted by Gasteiger charge is -2.17. The third-order valence-corrected chi connectivity index (χ3v) is 3.23. The predicted octanol–water partition coefficient (Wildman–Crippen LogP) is 2.04. The molecule has 0 N–H and O–H groups in total. The van der Waals surface area contributed by atoms with Crippen LogP contribution in [0.5, 0.6) is 0 Å². The number of fused-ring (bicyclic) bond motifs is 1. The first-order valence-electron chi connectivity index (χ1n) is 5.07. The second-order valence-electron chi connectivity index (χ2n) is 4.12. The van der Waals surface area contributed by atoms with E-state index in [1.54, 1.807) is 0 Å². The lowest BCUT2D eigenvalue weighted by molar-refractivity contribution is 0.393. The van der Waals surface area contributed by atoms with E-state index in [9.17, 15) is 0 Å². The summed E-state index contributed by atoms with van der Waals surface area (Å²) in [6, 6.07) is 0. The molecule has 78 valence electrons. The molecule has 4 heteroatoms. The molecule has 0 atom stereocenters. The second-order valence-corrected chi connectivity index (χ2v) is 4.83. The summed E-state index contributed by atoms with van der Waals surface area (Å²) in [5.74, 6) is 0. The SMILES string of the molecule is CN(C)Cc1nc(Br)n2c1CCCC2. The van der Waals surface area contributed by atoms with Gasteiger partial charge in [-0.2, -0.15) is 0 Å². The van der Waals surface area contributed by atoms with Crippen molar-refractivity contribution in [3.8, 4) is 0 Å². The minimum absolute atomic E-state index is 0.945. The molecular formula is C10H16BrN3. The highest BCUT2D eigenvalue weighted by molar-refractivity contribution is 9.10. The van der Waals surface area contributed by atoms with Crippen molar-refractivity contribution in [3.05, 3.63) is 16.1 Å². The van der Waals surface area contributed by atoms with E-state index in [0.717, 1.165) is 17.8 Å². The van der Waals surface area contributed by atoms with E-state index in [1.807, 2.05) is 0 Å². The topological polar surface area (TPSA) is 21.1 Å². The summed E-state index contributed by atoms with van der Waals surface area (Å²) in [5.41, 5.74) is 2.67. The van der Waals surface area contributed by atoms with Crippen molar-refractivity contribution in [2.45, 2.75) is 32.4 Å². The second kappa shape index (κ2) is 4.03. The fraction of sp³-hybridized carbons (Fsp3) is 0.700. The molecule has 0 radical (unpaired) electrons. The zero-order chi connectivity index (χ0) is 10.1. The van der Waals surface area contributed by atoms with Gasteiger partial charge in [0.1, 0.15) is 0 Å². The minimum atomic E-state index is 0.945. The molecule has 0 saturated carbocycles. The Hall–Kier alpha value is -0.350. The fourth-order valence-corrected chi connectivity index (χ4v) is 2.60. The van der Waals surface area contributed by atoms with Crippen molar-refractivity contribution in [3.63, 3.8) is 0 Å². The summed E-state index contributed by atoms with van der Waals surface area (Å²) in [7, 11) is 4.17. The zero-order valence-electron chi connectivity index (χ0n) is 8.76. The first-order valence-corrected chi connectivity index (χ1v) is 5.86. The quantitative estimate of drug-likeness (QED) is 0.809. The van der Waals surface area contributed by atoms with Crippen molar-refractivity contribution in [1.82, 2.24) is 14.5 Å². The molecule has 0 amide bonds. The maximum atomic E-state index is 4.57. The Morgan fingerprint density at radius 3 is 2.93 bits per heavy atom. The molecule has 0 unspecified atom stereocenters. The fourth-order valence-electron chi connectivity index (χ4n) is 2.00. The van der Waals surface area contributed by atoms with E-state index < -0.39 is 0 Å². The Bertz CT molecular complexity index is 330. The van der Waals surface area contributed by atoms with Crippen LogP contribution in [0.4, 0.5) is 0 Å². The van der Waals surface area contributed by atoms with Crippen LogP contribution in [0.3, 0.4) is 0 Å². The molecule has 14 heavy (non-hydrogen) atoms. The first kappa shape index (κ1) is 10.2. The predicted molar refractivity (Wildman–Crippen MR) is 60.3 cm³/mol. The van der Waals surface area contributed by atoms with Gasteiger partial charge in [0, 0.05) is 18.8 Å². The Morgan fingerprint density at radius 1 is 1.43 bits per heavy atom. The molecule has 1 aliphatic rings. The standard InChI is InChI=1S/C10H16BrN3/c1-13(2)7-8-9-5-3-4-6-14(9)10(11)12-8/h3-7H2,1-2H3. The molecule has 1 aromatic rings. The monoisotopic (exact) mass is 257 g/mol. The van der Waals surface area contributed by atoms with Crippen LogP contribution in [0.25, 0.3) is 0 Å². The highest BCUT2D eigenvalue weighted by atomic mass is 79.9. The largest absolute Gasteiger partial charge is 0.322 e. The minimum Gasteiger partial charge on any atom is -0.322 e. The van der Waals surface area contributed by atoms with Gasteiger partial charge in [-0.25, -0.2) is 4.98 Å². The van der Waals surface area contributed by atoms with Gasteiger partial charge in [-0.05, 0) is 49.3 Å². The number of rotatable bonds is 2. The highest BCUT2D eigenvalue weighted by Gasteiger charge is 2.18. The van der Waals surface area contributed by atoms with Gasteiger partial charge < -0.3 is 9.47 Å². The van der Waals surface area contributed by atoms with Crippen LogP contribution in [-0.2, 0) is 19.5 Å². The van der Waals surface area contributed by atoms with Crippen LogP contribution in [0.1, 0.15) is 24.2 Å². The Morgan fingerprint density at radius 2 is 2.21 bits per heavy atom. The first-order chi connectivity index (χ1) is 6.68. The summed E-state index contributed by atoms with van der Waals surface area (Å²) in [6.07, 6.45) is 3.77. The van der Waals surface area contributed by atoms with Gasteiger partial charge in [-0.15, -0.1) is 0 Å². The molecule has 0 spiro atoms. The molecule has 0 fully saturated rings. The van der Waals surface area contributed by atoms with Crippen LogP contribution in [0.2, 0.25) is 0 Å². The normalized spacial score (nSPS) is 16.0. The number of imidazole rings is 1. The molecule has 1 aliphatic heterocycles. The van der Waals surface area contributed by atoms with Gasteiger partial charge >= 0.3 is 0 Å². The van der Waals surface area contributed by atoms with Gasteiger partial charge in [0.05, 0.1) is 5.69 Å². The Labute approximate surface area is 93.2 Å². The average molecular weight is 258 g/mol. The van der Waals surface area contributed by atoms with Crippen LogP contribution in [0.15, 0.2) is 4.73 Å². The highest BCUT2D eigenvalue weighted by Crippen LogP contribution is 2.24. The molecular weight excluding hydrogens is 242 g/mol. The summed E-state index contributed by atoms with van der Waals surface area (Å²) in [5, 5.41) is 0. The lowest BCUT2D eigenvalue weighted by Crippen LogP contribution is -2.15. The van der Waals surface area contributed by atoms with Gasteiger partial charge in [0.15, 0.2) is 4.73 Å². The number of halogens is 1. The molecule has 0 saturated heterocycles. The number of hydrogen-bond donors (Lipinski definition) is 0. The molecule has 0 aliphatic carbocycles. The zero-order valence-corrected chi connectivity index (χ0v) is 10.3. The maximum absolute atomic E-state index is 4.57. The van der Waals surface area contributed by atoms with Crippen molar-refractivity contribution < 1.29 is 0 Å². The van der Waals surface area contributed by atoms with Gasteiger partial charge in [-0.3, -0.25) is 0 Å². The van der Waals surface area contributed by atoms with Gasteiger partial charge in [0.2, 0.25) is 0 Å². The summed E-state index contributed by atoms with van der Waals surface area (Å²) in [4.78, 5) is 6.74. The Balaban J connectivity index is 2.31. The van der Waals surface area contributed by atoms with Crippen molar-refractivity contribution in [2.75, 3.05) is 14.1 Å². The summed E-state index contributed by atoms with van der Waals surface area (Å²) in [6.45, 7) is 2.07. The van der Waals surface area contributed by atoms with Crippen LogP contribution >= 0.6 is 15.9 Å². The van der Waals surface area contributed by atoms with Gasteiger partial charge in [0.25, 0.3) is 0 Å². The maximum Gasteiger partial charge on any atom is 0.177 e. The van der Waals surface area contributed by atoms with Crippen molar-refractivity contribution >= 4 is 15.9 Å². The smallest absolute Gasteiger partial charge is 0.177 e. The van der Waals surface area contributed by atoms with Crippen LogP contribution < -0.4 is 0 Å². The molecule has 3 nitrogen and oxygen atoms in total. The molecule has 2 heterocycles. The average Bonchev–Trinajstić information content (AvgIpc) is 2.44. The third kappa shape index (κ3) is 1.86. The number of nitrogens with zero attached hydrogens (tertiary/aromatic N) is 3. The van der Waals surface area contributed by atoms with E-state index in [4.69, 9.17) is 0 Å².